The molecule has 1 aromatic carbocycles. The zero-order valence-corrected chi connectivity index (χ0v) is 16.9. The highest BCUT2D eigenvalue weighted by Crippen LogP contribution is 2.37. The fraction of sp³-hybridized carbons (Fsp3) is 0.533. The summed E-state index contributed by atoms with van der Waals surface area (Å²) in [6, 6.07) is 2.88. The zero-order chi connectivity index (χ0) is 18.9. The van der Waals surface area contributed by atoms with Gasteiger partial charge < -0.3 is 24.8 Å². The first-order chi connectivity index (χ1) is 11.8. The molecule has 9 nitrogen and oxygen atoms in total. The van der Waals surface area contributed by atoms with Gasteiger partial charge >= 0.3 is 0 Å². The molecule has 0 aromatic heterocycles. The maximum atomic E-state index is 12.3. The van der Waals surface area contributed by atoms with E-state index in [1.165, 1.54) is 26.4 Å². The second-order valence-corrected chi connectivity index (χ2v) is 6.88. The Hall–Kier alpha value is -1.75. The summed E-state index contributed by atoms with van der Waals surface area (Å²) in [5, 5.41) is 5.84. The molecule has 0 aliphatic rings. The quantitative estimate of drug-likeness (QED) is 0.453. The number of methoxy groups -OCH3 is 3. The van der Waals surface area contributed by atoms with Crippen LogP contribution in [0.15, 0.2) is 12.1 Å². The average Bonchev–Trinajstić information content (AvgIpc) is 2.55. The molecule has 1 aromatic rings. The number of hydrogen-bond acceptors (Lipinski definition) is 7. The van der Waals surface area contributed by atoms with Crippen LogP contribution in [0.3, 0.4) is 0 Å². The number of halogens is 1. The lowest BCUT2D eigenvalue weighted by atomic mass is 10.1. The van der Waals surface area contributed by atoms with E-state index >= 15 is 0 Å². The molecule has 1 amide bonds. The number of rotatable bonds is 11. The molecule has 0 aliphatic carbocycles. The van der Waals surface area contributed by atoms with E-state index in [9.17, 15) is 13.2 Å². The van der Waals surface area contributed by atoms with E-state index in [4.69, 9.17) is 14.2 Å². The molecule has 150 valence electrons. The van der Waals surface area contributed by atoms with E-state index in [0.29, 0.717) is 26.2 Å². The van der Waals surface area contributed by atoms with Gasteiger partial charge in [-0.05, 0) is 12.1 Å². The van der Waals surface area contributed by atoms with Gasteiger partial charge in [-0.15, -0.1) is 12.4 Å². The molecular formula is C15H26ClN3O6S. The second-order valence-electron chi connectivity index (χ2n) is 5.13. The van der Waals surface area contributed by atoms with Gasteiger partial charge in [-0.2, -0.15) is 0 Å². The average molecular weight is 412 g/mol. The fourth-order valence-electron chi connectivity index (χ4n) is 2.04. The van der Waals surface area contributed by atoms with Crippen molar-refractivity contribution in [3.63, 3.8) is 0 Å². The molecule has 0 saturated carbocycles. The number of ether oxygens (including phenoxy) is 3. The molecule has 0 bridgehead atoms. The Morgan fingerprint density at radius 3 is 2.31 bits per heavy atom. The van der Waals surface area contributed by atoms with Crippen LogP contribution in [0, 0.1) is 0 Å². The summed E-state index contributed by atoms with van der Waals surface area (Å²) < 4.78 is 40.6. The van der Waals surface area contributed by atoms with Crippen LogP contribution in [-0.2, 0) is 14.8 Å². The monoisotopic (exact) mass is 411 g/mol. The van der Waals surface area contributed by atoms with Gasteiger partial charge in [0.1, 0.15) is 0 Å². The molecule has 1 rings (SSSR count). The molecule has 0 heterocycles. The Morgan fingerprint density at radius 1 is 1.08 bits per heavy atom. The number of nitrogens with one attached hydrogen (secondary N) is 3. The summed E-state index contributed by atoms with van der Waals surface area (Å²) in [7, 11) is 0.860. The first kappa shape index (κ1) is 24.2. The van der Waals surface area contributed by atoms with Crippen molar-refractivity contribution in [3.05, 3.63) is 17.7 Å². The van der Waals surface area contributed by atoms with Gasteiger partial charge in [-0.1, -0.05) is 0 Å². The highest BCUT2D eigenvalue weighted by molar-refractivity contribution is 7.92. The molecule has 0 saturated heterocycles. The maximum Gasteiger partial charge on any atom is 0.251 e. The van der Waals surface area contributed by atoms with Crippen molar-refractivity contribution in [2.24, 2.45) is 0 Å². The molecule has 0 unspecified atom stereocenters. The molecular weight excluding hydrogens is 386 g/mol. The smallest absolute Gasteiger partial charge is 0.251 e. The van der Waals surface area contributed by atoms with Crippen molar-refractivity contribution in [1.82, 2.24) is 10.6 Å². The molecule has 0 fully saturated rings. The van der Waals surface area contributed by atoms with Crippen LogP contribution in [0.2, 0.25) is 0 Å². The molecule has 11 heteroatoms. The van der Waals surface area contributed by atoms with Crippen molar-refractivity contribution >= 4 is 34.0 Å². The lowest BCUT2D eigenvalue weighted by molar-refractivity contribution is 0.0953. The minimum Gasteiger partial charge on any atom is -0.493 e. The Balaban J connectivity index is 0.00000625. The summed E-state index contributed by atoms with van der Waals surface area (Å²) in [6.07, 6.45) is 1.01. The Morgan fingerprint density at radius 2 is 1.77 bits per heavy atom. The minimum absolute atomic E-state index is 0. The van der Waals surface area contributed by atoms with Crippen molar-refractivity contribution in [1.29, 1.82) is 0 Å². The van der Waals surface area contributed by atoms with Gasteiger partial charge in [0.25, 0.3) is 5.91 Å². The third kappa shape index (κ3) is 8.09. The van der Waals surface area contributed by atoms with Crippen LogP contribution in [0.25, 0.3) is 0 Å². The van der Waals surface area contributed by atoms with Gasteiger partial charge in [-0.3, -0.25) is 9.52 Å². The summed E-state index contributed by atoms with van der Waals surface area (Å²) in [5.41, 5.74) is 0.383. The highest BCUT2D eigenvalue weighted by Gasteiger charge is 2.18. The number of sulfonamides is 1. The Bertz CT molecular complexity index is 684. The molecule has 0 atom stereocenters. The lowest BCUT2D eigenvalue weighted by Gasteiger charge is -2.15. The maximum absolute atomic E-state index is 12.3. The van der Waals surface area contributed by atoms with Gasteiger partial charge in [0, 0.05) is 32.3 Å². The minimum atomic E-state index is -3.55. The third-order valence-corrected chi connectivity index (χ3v) is 3.70. The summed E-state index contributed by atoms with van der Waals surface area (Å²) in [4.78, 5) is 12.3. The van der Waals surface area contributed by atoms with Gasteiger partial charge in [0.15, 0.2) is 11.5 Å². The summed E-state index contributed by atoms with van der Waals surface area (Å²) in [5.74, 6) is 0.0938. The predicted molar refractivity (Wildman–Crippen MR) is 102 cm³/mol. The van der Waals surface area contributed by atoms with E-state index in [-0.39, 0.29) is 41.1 Å². The molecule has 0 aliphatic heterocycles. The molecule has 26 heavy (non-hydrogen) atoms. The number of carbonyl (C=O) groups is 1. The van der Waals surface area contributed by atoms with Crippen molar-refractivity contribution < 1.29 is 27.4 Å². The van der Waals surface area contributed by atoms with Crippen LogP contribution in [-0.4, -0.2) is 68.2 Å². The van der Waals surface area contributed by atoms with E-state index < -0.39 is 10.0 Å². The molecule has 3 N–H and O–H groups in total. The SMILES string of the molecule is COCCNCCNC(=O)c1cc(NS(C)(=O)=O)c(OC)c(OC)c1.Cl. The van der Waals surface area contributed by atoms with Crippen LogP contribution in [0.1, 0.15) is 10.4 Å². The van der Waals surface area contributed by atoms with Crippen LogP contribution >= 0.6 is 12.4 Å². The van der Waals surface area contributed by atoms with Crippen LogP contribution < -0.4 is 24.8 Å². The van der Waals surface area contributed by atoms with Crippen LogP contribution in [0.5, 0.6) is 11.5 Å². The largest absolute Gasteiger partial charge is 0.493 e. The van der Waals surface area contributed by atoms with E-state index in [1.54, 1.807) is 7.11 Å². The number of anilines is 1. The van der Waals surface area contributed by atoms with Crippen LogP contribution in [0.4, 0.5) is 5.69 Å². The number of benzene rings is 1. The van der Waals surface area contributed by atoms with E-state index in [0.717, 1.165) is 6.26 Å². The standard InChI is InChI=1S/C15H25N3O6S.ClH/c1-22-8-7-16-5-6-17-15(19)11-9-12(18-25(4,20)21)14(24-3)13(10-11)23-2;/h9-10,16,18H,5-8H2,1-4H3,(H,17,19);1H. The lowest BCUT2D eigenvalue weighted by Crippen LogP contribution is -2.33. The number of hydrogen-bond donors (Lipinski definition) is 3. The molecule has 0 radical (unpaired) electrons. The van der Waals surface area contributed by atoms with Crippen molar-refractivity contribution in [2.45, 2.75) is 0 Å². The van der Waals surface area contributed by atoms with Gasteiger partial charge in [0.2, 0.25) is 10.0 Å². The number of amides is 1. The Kier molecular flexibility index (Phi) is 11.0. The molecule has 0 spiro atoms. The van der Waals surface area contributed by atoms with E-state index in [2.05, 4.69) is 15.4 Å². The normalized spacial score (nSPS) is 10.6. The third-order valence-electron chi connectivity index (χ3n) is 3.11. The first-order valence-electron chi connectivity index (χ1n) is 7.54. The first-order valence-corrected chi connectivity index (χ1v) is 9.43. The van der Waals surface area contributed by atoms with E-state index in [1.807, 2.05) is 0 Å². The fourth-order valence-corrected chi connectivity index (χ4v) is 2.59. The summed E-state index contributed by atoms with van der Waals surface area (Å²) >= 11 is 0. The van der Waals surface area contributed by atoms with Crippen molar-refractivity contribution in [2.75, 3.05) is 58.5 Å². The van der Waals surface area contributed by atoms with Crippen molar-refractivity contribution in [3.8, 4) is 11.5 Å². The number of carbonyl (C=O) groups excluding carboxylic acids is 1. The zero-order valence-electron chi connectivity index (χ0n) is 15.2. The topological polar surface area (TPSA) is 115 Å². The highest BCUT2D eigenvalue weighted by atomic mass is 35.5. The summed E-state index contributed by atoms with van der Waals surface area (Å²) in [6.45, 7) is 2.26. The second kappa shape index (κ2) is 11.8. The van der Waals surface area contributed by atoms with Gasteiger partial charge in [-0.25, -0.2) is 8.42 Å². The van der Waals surface area contributed by atoms with Gasteiger partial charge in [0.05, 0.1) is 32.8 Å². The Labute approximate surface area is 160 Å². The predicted octanol–water partition coefficient (Wildman–Crippen LogP) is 0.463.